The van der Waals surface area contributed by atoms with Crippen molar-refractivity contribution in [3.8, 4) is 6.07 Å². The molecule has 1 rings (SSSR count). The average Bonchev–Trinajstić information content (AvgIpc) is 2.82. The summed E-state index contributed by atoms with van der Waals surface area (Å²) in [4.78, 5) is 14.2. The third kappa shape index (κ3) is 3.44. The number of carbonyl (C=O) groups excluding carboxylic acids is 1. The van der Waals surface area contributed by atoms with Crippen LogP contribution in [0.15, 0.2) is 0 Å². The lowest BCUT2D eigenvalue weighted by atomic mass is 9.94. The molecule has 0 bridgehead atoms. The van der Waals surface area contributed by atoms with Crippen LogP contribution in [0.3, 0.4) is 0 Å². The Labute approximate surface area is 104 Å². The van der Waals surface area contributed by atoms with Crippen LogP contribution in [0.5, 0.6) is 0 Å². The maximum absolute atomic E-state index is 12.4. The molecule has 17 heavy (non-hydrogen) atoms. The van der Waals surface area contributed by atoms with Crippen LogP contribution in [-0.2, 0) is 4.79 Å². The summed E-state index contributed by atoms with van der Waals surface area (Å²) in [6.07, 6.45) is 3.13. The fraction of sp³-hybridized carbons (Fsp3) is 0.846. The fourth-order valence-electron chi connectivity index (χ4n) is 2.62. The molecule has 0 radical (unpaired) electrons. The molecule has 0 heterocycles. The van der Waals surface area contributed by atoms with E-state index in [4.69, 9.17) is 11.0 Å². The summed E-state index contributed by atoms with van der Waals surface area (Å²) >= 11 is 0. The number of nitrogens with zero attached hydrogens (tertiary/aromatic N) is 2. The lowest BCUT2D eigenvalue weighted by Gasteiger charge is -2.27. The number of rotatable bonds is 5. The van der Waals surface area contributed by atoms with Crippen LogP contribution in [0.25, 0.3) is 0 Å². The zero-order valence-corrected chi connectivity index (χ0v) is 10.9. The van der Waals surface area contributed by atoms with Gasteiger partial charge in [0, 0.05) is 19.0 Å². The number of nitriles is 1. The fourth-order valence-corrected chi connectivity index (χ4v) is 2.62. The maximum Gasteiger partial charge on any atom is 0.226 e. The topological polar surface area (TPSA) is 70.1 Å². The van der Waals surface area contributed by atoms with Gasteiger partial charge < -0.3 is 10.6 Å². The second kappa shape index (κ2) is 6.61. The van der Waals surface area contributed by atoms with Crippen LogP contribution >= 0.6 is 0 Å². The van der Waals surface area contributed by atoms with Gasteiger partial charge in [-0.2, -0.15) is 5.26 Å². The lowest BCUT2D eigenvalue weighted by Crippen LogP contribution is -2.41. The summed E-state index contributed by atoms with van der Waals surface area (Å²) in [5.74, 6) is 0.527. The van der Waals surface area contributed by atoms with E-state index >= 15 is 0 Å². The first-order valence-corrected chi connectivity index (χ1v) is 6.52. The summed E-state index contributed by atoms with van der Waals surface area (Å²) in [6.45, 7) is 5.64. The van der Waals surface area contributed by atoms with Gasteiger partial charge in [0.2, 0.25) is 5.91 Å². The zero-order chi connectivity index (χ0) is 12.8. The predicted molar refractivity (Wildman–Crippen MR) is 66.9 cm³/mol. The molecular weight excluding hydrogens is 214 g/mol. The van der Waals surface area contributed by atoms with Gasteiger partial charge in [-0.25, -0.2) is 0 Å². The molecule has 3 atom stereocenters. The van der Waals surface area contributed by atoms with Crippen LogP contribution in [-0.4, -0.2) is 30.4 Å². The van der Waals surface area contributed by atoms with Crippen LogP contribution in [0.4, 0.5) is 0 Å². The van der Waals surface area contributed by atoms with E-state index < -0.39 is 0 Å². The van der Waals surface area contributed by atoms with E-state index in [1.165, 1.54) is 0 Å². The van der Waals surface area contributed by atoms with Crippen LogP contribution in [0, 0.1) is 29.1 Å². The van der Waals surface area contributed by atoms with Gasteiger partial charge in [-0.1, -0.05) is 6.42 Å². The molecule has 1 saturated carbocycles. The second-order valence-electron chi connectivity index (χ2n) is 4.94. The minimum atomic E-state index is -0.100. The Kier molecular flexibility index (Phi) is 5.43. The average molecular weight is 237 g/mol. The van der Waals surface area contributed by atoms with E-state index in [0.29, 0.717) is 25.6 Å². The second-order valence-corrected chi connectivity index (χ2v) is 4.94. The normalized spacial score (nSPS) is 25.3. The van der Waals surface area contributed by atoms with Crippen molar-refractivity contribution in [1.29, 1.82) is 5.26 Å². The SMILES string of the molecule is CCN(CC(C)C#N)C(=O)C1CCCC1CN. The monoisotopic (exact) mass is 237 g/mol. The predicted octanol–water partition coefficient (Wildman–Crippen LogP) is 1.37. The summed E-state index contributed by atoms with van der Waals surface area (Å²) in [5, 5.41) is 8.82. The van der Waals surface area contributed by atoms with Gasteiger partial charge in [-0.15, -0.1) is 0 Å². The molecule has 4 nitrogen and oxygen atoms in total. The van der Waals surface area contributed by atoms with Gasteiger partial charge in [0.05, 0.1) is 12.0 Å². The molecule has 0 aromatic heterocycles. The largest absolute Gasteiger partial charge is 0.341 e. The first-order valence-electron chi connectivity index (χ1n) is 6.52. The molecule has 0 spiro atoms. The van der Waals surface area contributed by atoms with Crippen LogP contribution in [0.1, 0.15) is 33.1 Å². The van der Waals surface area contributed by atoms with E-state index in [-0.39, 0.29) is 17.7 Å². The van der Waals surface area contributed by atoms with E-state index in [9.17, 15) is 4.79 Å². The van der Waals surface area contributed by atoms with Gasteiger partial charge in [-0.05, 0) is 39.2 Å². The van der Waals surface area contributed by atoms with Crippen molar-refractivity contribution in [2.24, 2.45) is 23.5 Å². The molecule has 4 heteroatoms. The van der Waals surface area contributed by atoms with Crippen LogP contribution < -0.4 is 5.73 Å². The molecule has 1 aliphatic rings. The van der Waals surface area contributed by atoms with Gasteiger partial charge in [0.15, 0.2) is 0 Å². The highest BCUT2D eigenvalue weighted by Gasteiger charge is 2.34. The molecule has 1 aliphatic carbocycles. The zero-order valence-electron chi connectivity index (χ0n) is 10.9. The summed E-state index contributed by atoms with van der Waals surface area (Å²) in [5.41, 5.74) is 5.71. The molecule has 1 fully saturated rings. The number of hydrogen-bond donors (Lipinski definition) is 1. The van der Waals surface area contributed by atoms with Crippen LogP contribution in [0.2, 0.25) is 0 Å². The van der Waals surface area contributed by atoms with Gasteiger partial charge in [-0.3, -0.25) is 4.79 Å². The van der Waals surface area contributed by atoms with Gasteiger partial charge in [0.25, 0.3) is 0 Å². The number of nitrogens with two attached hydrogens (primary N) is 1. The number of amides is 1. The van der Waals surface area contributed by atoms with Crippen molar-refractivity contribution < 1.29 is 4.79 Å². The quantitative estimate of drug-likeness (QED) is 0.785. The molecule has 3 unspecified atom stereocenters. The highest BCUT2D eigenvalue weighted by molar-refractivity contribution is 5.79. The molecule has 0 aromatic rings. The molecule has 0 aromatic carbocycles. The van der Waals surface area contributed by atoms with Gasteiger partial charge in [0.1, 0.15) is 0 Å². The third-order valence-corrected chi connectivity index (χ3v) is 3.69. The first kappa shape index (κ1) is 14.0. The lowest BCUT2D eigenvalue weighted by molar-refractivity contribution is -0.136. The molecule has 2 N–H and O–H groups in total. The van der Waals surface area contributed by atoms with Crippen molar-refractivity contribution >= 4 is 5.91 Å². The Morgan fingerprint density at radius 1 is 1.59 bits per heavy atom. The molecule has 0 saturated heterocycles. The first-order chi connectivity index (χ1) is 8.13. The Hall–Kier alpha value is -1.08. The smallest absolute Gasteiger partial charge is 0.226 e. The van der Waals surface area contributed by atoms with Crippen molar-refractivity contribution in [2.45, 2.75) is 33.1 Å². The molecule has 0 aliphatic heterocycles. The van der Waals surface area contributed by atoms with E-state index in [1.54, 1.807) is 0 Å². The number of carbonyl (C=O) groups is 1. The standard InChI is InChI=1S/C13H23N3O/c1-3-16(9-10(2)7-14)13(17)12-6-4-5-11(12)8-15/h10-12H,3-6,8-9,15H2,1-2H3. The van der Waals surface area contributed by atoms with Crippen molar-refractivity contribution in [1.82, 2.24) is 4.90 Å². The van der Waals surface area contributed by atoms with E-state index in [0.717, 1.165) is 19.3 Å². The molecule has 1 amide bonds. The van der Waals surface area contributed by atoms with E-state index in [1.807, 2.05) is 18.7 Å². The van der Waals surface area contributed by atoms with Crippen molar-refractivity contribution in [2.75, 3.05) is 19.6 Å². The number of hydrogen-bond acceptors (Lipinski definition) is 3. The van der Waals surface area contributed by atoms with Gasteiger partial charge >= 0.3 is 0 Å². The molecular formula is C13H23N3O. The Balaban J connectivity index is 2.62. The van der Waals surface area contributed by atoms with Crippen molar-refractivity contribution in [3.05, 3.63) is 0 Å². The maximum atomic E-state index is 12.4. The third-order valence-electron chi connectivity index (χ3n) is 3.69. The van der Waals surface area contributed by atoms with E-state index in [2.05, 4.69) is 6.07 Å². The highest BCUT2D eigenvalue weighted by atomic mass is 16.2. The Bertz CT molecular complexity index is 298. The summed E-state index contributed by atoms with van der Waals surface area (Å²) in [7, 11) is 0. The Morgan fingerprint density at radius 2 is 2.29 bits per heavy atom. The molecule has 96 valence electrons. The minimum Gasteiger partial charge on any atom is -0.341 e. The van der Waals surface area contributed by atoms with Crippen molar-refractivity contribution in [3.63, 3.8) is 0 Å². The minimum absolute atomic E-state index is 0.0887. The highest BCUT2D eigenvalue weighted by Crippen LogP contribution is 2.32. The summed E-state index contributed by atoms with van der Waals surface area (Å²) in [6, 6.07) is 2.18. The Morgan fingerprint density at radius 3 is 2.82 bits per heavy atom. The summed E-state index contributed by atoms with van der Waals surface area (Å²) < 4.78 is 0.